The van der Waals surface area contributed by atoms with E-state index in [9.17, 15) is 28.3 Å². The van der Waals surface area contributed by atoms with Crippen molar-refractivity contribution in [3.63, 3.8) is 0 Å². The maximum Gasteiger partial charge on any atom is 0.326 e. The molecule has 8 heteroatoms. The molecule has 2 rings (SSSR count). The largest absolute Gasteiger partial charge is 0.480 e. The third-order valence-electron chi connectivity index (χ3n) is 4.01. The van der Waals surface area contributed by atoms with Gasteiger partial charge in [0.15, 0.2) is 0 Å². The first-order valence-electron chi connectivity index (χ1n) is 8.53. The molecule has 0 aliphatic rings. The third kappa shape index (κ3) is 6.46. The number of aliphatic carboxylic acids is 1. The van der Waals surface area contributed by atoms with Gasteiger partial charge in [0.2, 0.25) is 11.8 Å². The molecule has 0 unspecified atom stereocenters. The van der Waals surface area contributed by atoms with Crippen LogP contribution in [0.4, 0.5) is 8.78 Å². The minimum Gasteiger partial charge on any atom is -0.480 e. The van der Waals surface area contributed by atoms with Crippen LogP contribution in [-0.4, -0.2) is 35.0 Å². The van der Waals surface area contributed by atoms with Crippen molar-refractivity contribution in [2.45, 2.75) is 31.8 Å². The minimum atomic E-state index is -1.26. The van der Waals surface area contributed by atoms with Gasteiger partial charge in [-0.3, -0.25) is 9.59 Å². The molecule has 2 atom stereocenters. The lowest BCUT2D eigenvalue weighted by Gasteiger charge is -2.21. The molecule has 2 aromatic rings. The molecule has 2 aromatic carbocycles. The Morgan fingerprint density at radius 1 is 0.821 bits per heavy atom. The first kappa shape index (κ1) is 21.0. The molecule has 0 bridgehead atoms. The van der Waals surface area contributed by atoms with E-state index in [0.29, 0.717) is 11.1 Å². The van der Waals surface area contributed by atoms with Gasteiger partial charge in [-0.15, -0.1) is 0 Å². The van der Waals surface area contributed by atoms with E-state index in [1.165, 1.54) is 55.5 Å². The van der Waals surface area contributed by atoms with Crippen molar-refractivity contribution in [3.8, 4) is 0 Å². The number of hydrogen-bond donors (Lipinski definition) is 3. The van der Waals surface area contributed by atoms with Crippen LogP contribution < -0.4 is 10.6 Å². The van der Waals surface area contributed by atoms with Crippen LogP contribution in [0.3, 0.4) is 0 Å². The highest BCUT2D eigenvalue weighted by Crippen LogP contribution is 2.09. The van der Waals surface area contributed by atoms with Crippen molar-refractivity contribution >= 4 is 17.8 Å². The van der Waals surface area contributed by atoms with E-state index in [1.54, 1.807) is 0 Å². The number of halogens is 2. The fourth-order valence-electron chi connectivity index (χ4n) is 2.64. The fourth-order valence-corrected chi connectivity index (χ4v) is 2.64. The Morgan fingerprint density at radius 2 is 1.25 bits per heavy atom. The lowest BCUT2D eigenvalue weighted by atomic mass is 10.0. The zero-order chi connectivity index (χ0) is 20.7. The lowest BCUT2D eigenvalue weighted by Crippen LogP contribution is -2.52. The van der Waals surface area contributed by atoms with Gasteiger partial charge in [-0.2, -0.15) is 0 Å². The number of carbonyl (C=O) groups excluding carboxylic acids is 2. The van der Waals surface area contributed by atoms with Gasteiger partial charge in [0, 0.05) is 19.8 Å². The van der Waals surface area contributed by atoms with Crippen molar-refractivity contribution in [1.82, 2.24) is 10.6 Å². The van der Waals surface area contributed by atoms with Gasteiger partial charge in [0.1, 0.15) is 23.7 Å². The van der Waals surface area contributed by atoms with Crippen LogP contribution in [0.2, 0.25) is 0 Å². The van der Waals surface area contributed by atoms with E-state index in [0.717, 1.165) is 0 Å². The molecule has 0 saturated heterocycles. The molecule has 28 heavy (non-hydrogen) atoms. The third-order valence-corrected chi connectivity index (χ3v) is 4.01. The molecule has 0 fully saturated rings. The van der Waals surface area contributed by atoms with Gasteiger partial charge in [0.05, 0.1) is 0 Å². The highest BCUT2D eigenvalue weighted by atomic mass is 19.1. The normalized spacial score (nSPS) is 12.7. The minimum absolute atomic E-state index is 0.0509. The van der Waals surface area contributed by atoms with Crippen LogP contribution >= 0.6 is 0 Å². The molecule has 0 aliphatic heterocycles. The average molecular weight is 390 g/mol. The lowest BCUT2D eigenvalue weighted by molar-refractivity contribution is -0.142. The smallest absolute Gasteiger partial charge is 0.326 e. The van der Waals surface area contributed by atoms with E-state index in [4.69, 9.17) is 0 Å². The molecule has 0 saturated carbocycles. The topological polar surface area (TPSA) is 95.5 Å². The standard InChI is InChI=1S/C20H20F2N2O4/c1-12(25)23-17(10-13-2-6-15(21)7-3-13)19(26)24-18(20(27)28)11-14-4-8-16(22)9-5-14/h2-9,17-18H,10-11H2,1H3,(H,23,25)(H,24,26)(H,27,28)/t17-,18-/m1/s1. The van der Waals surface area contributed by atoms with Crippen molar-refractivity contribution in [2.24, 2.45) is 0 Å². The zero-order valence-electron chi connectivity index (χ0n) is 15.1. The molecule has 0 spiro atoms. The average Bonchev–Trinajstić information content (AvgIpc) is 2.63. The quantitative estimate of drug-likeness (QED) is 0.641. The Balaban J connectivity index is 2.11. The first-order chi connectivity index (χ1) is 13.2. The molecule has 6 nitrogen and oxygen atoms in total. The second-order valence-corrected chi connectivity index (χ2v) is 6.31. The summed E-state index contributed by atoms with van der Waals surface area (Å²) in [6.07, 6.45) is 0.0132. The Labute approximate surface area is 160 Å². The van der Waals surface area contributed by atoms with Gasteiger partial charge in [-0.25, -0.2) is 13.6 Å². The molecule has 0 heterocycles. The van der Waals surface area contributed by atoms with Gasteiger partial charge < -0.3 is 15.7 Å². The molecule has 0 aromatic heterocycles. The van der Waals surface area contributed by atoms with Crippen LogP contribution in [0.25, 0.3) is 0 Å². The molecule has 148 valence electrons. The number of amides is 2. The number of hydrogen-bond acceptors (Lipinski definition) is 3. The second-order valence-electron chi connectivity index (χ2n) is 6.31. The summed E-state index contributed by atoms with van der Waals surface area (Å²) in [5.41, 5.74) is 1.13. The van der Waals surface area contributed by atoms with E-state index in [1.807, 2.05) is 0 Å². The summed E-state index contributed by atoms with van der Waals surface area (Å²) in [5, 5.41) is 14.3. The fraction of sp³-hybridized carbons (Fsp3) is 0.250. The summed E-state index contributed by atoms with van der Waals surface area (Å²) in [5.74, 6) is -3.30. The van der Waals surface area contributed by atoms with Gasteiger partial charge in [-0.1, -0.05) is 24.3 Å². The number of carboxylic acid groups (broad SMARTS) is 1. The number of carboxylic acids is 1. The van der Waals surface area contributed by atoms with E-state index < -0.39 is 41.5 Å². The Bertz CT molecular complexity index is 838. The summed E-state index contributed by atoms with van der Waals surface area (Å²) in [6, 6.07) is 8.38. The number of rotatable bonds is 8. The Kier molecular flexibility index (Phi) is 7.20. The monoisotopic (exact) mass is 390 g/mol. The van der Waals surface area contributed by atoms with E-state index in [-0.39, 0.29) is 12.8 Å². The van der Waals surface area contributed by atoms with E-state index >= 15 is 0 Å². The number of benzene rings is 2. The van der Waals surface area contributed by atoms with Crippen LogP contribution in [0.5, 0.6) is 0 Å². The highest BCUT2D eigenvalue weighted by molar-refractivity contribution is 5.90. The van der Waals surface area contributed by atoms with Crippen molar-refractivity contribution < 1.29 is 28.3 Å². The maximum atomic E-state index is 13.0. The van der Waals surface area contributed by atoms with Crippen LogP contribution in [0.15, 0.2) is 48.5 Å². The molecule has 0 aliphatic carbocycles. The number of nitrogens with one attached hydrogen (secondary N) is 2. The van der Waals surface area contributed by atoms with Gasteiger partial charge >= 0.3 is 5.97 Å². The van der Waals surface area contributed by atoms with Crippen LogP contribution in [-0.2, 0) is 27.2 Å². The van der Waals surface area contributed by atoms with Crippen molar-refractivity contribution in [3.05, 3.63) is 71.3 Å². The summed E-state index contributed by atoms with van der Waals surface area (Å²) < 4.78 is 26.1. The van der Waals surface area contributed by atoms with Gasteiger partial charge in [-0.05, 0) is 35.4 Å². The summed E-state index contributed by atoms with van der Waals surface area (Å²) in [7, 11) is 0. The molecular formula is C20H20F2N2O4. The SMILES string of the molecule is CC(=O)N[C@H](Cc1ccc(F)cc1)C(=O)N[C@H](Cc1ccc(F)cc1)C(=O)O. The molecule has 2 amide bonds. The number of carbonyl (C=O) groups is 3. The van der Waals surface area contributed by atoms with Crippen molar-refractivity contribution in [2.75, 3.05) is 0 Å². The summed E-state index contributed by atoms with van der Waals surface area (Å²) in [4.78, 5) is 35.6. The predicted molar refractivity (Wildman–Crippen MR) is 97.4 cm³/mol. The van der Waals surface area contributed by atoms with Crippen molar-refractivity contribution in [1.29, 1.82) is 0 Å². The molecule has 3 N–H and O–H groups in total. The molecule has 0 radical (unpaired) electrons. The van der Waals surface area contributed by atoms with Crippen LogP contribution in [0, 0.1) is 11.6 Å². The maximum absolute atomic E-state index is 13.0. The second kappa shape index (κ2) is 9.59. The summed E-state index contributed by atoms with van der Waals surface area (Å²) >= 11 is 0. The highest BCUT2D eigenvalue weighted by Gasteiger charge is 2.26. The predicted octanol–water partition coefficient (Wildman–Crippen LogP) is 1.82. The first-order valence-corrected chi connectivity index (χ1v) is 8.53. The Hall–Kier alpha value is -3.29. The molecular weight excluding hydrogens is 370 g/mol. The Morgan fingerprint density at radius 3 is 1.64 bits per heavy atom. The summed E-state index contributed by atoms with van der Waals surface area (Å²) in [6.45, 7) is 1.23. The van der Waals surface area contributed by atoms with E-state index in [2.05, 4.69) is 10.6 Å². The van der Waals surface area contributed by atoms with Crippen LogP contribution in [0.1, 0.15) is 18.1 Å². The van der Waals surface area contributed by atoms with Gasteiger partial charge in [0.25, 0.3) is 0 Å². The zero-order valence-corrected chi connectivity index (χ0v) is 15.1.